The lowest BCUT2D eigenvalue weighted by Gasteiger charge is -2.03. The summed E-state index contributed by atoms with van der Waals surface area (Å²) in [5.74, 6) is -0.444. The van der Waals surface area contributed by atoms with Crippen molar-refractivity contribution < 1.29 is 14.6 Å². The molecule has 0 saturated heterocycles. The third-order valence-corrected chi connectivity index (χ3v) is 3.13. The molecule has 2 aromatic heterocycles. The van der Waals surface area contributed by atoms with Gasteiger partial charge in [-0.3, -0.25) is 0 Å². The van der Waals surface area contributed by atoms with Gasteiger partial charge in [0.25, 0.3) is 0 Å². The summed E-state index contributed by atoms with van der Waals surface area (Å²) >= 11 is 1.56. The van der Waals surface area contributed by atoms with Gasteiger partial charge in [-0.2, -0.15) is 9.78 Å². The summed E-state index contributed by atoms with van der Waals surface area (Å²) in [6, 6.07) is 3.58. The van der Waals surface area contributed by atoms with E-state index in [0.717, 1.165) is 4.90 Å². The van der Waals surface area contributed by atoms with Crippen LogP contribution in [0.1, 0.15) is 17.3 Å². The van der Waals surface area contributed by atoms with E-state index < -0.39 is 5.97 Å². The Morgan fingerprint density at radius 1 is 1.47 bits per heavy atom. The third kappa shape index (κ3) is 2.70. The average molecular weight is 279 g/mol. The summed E-state index contributed by atoms with van der Waals surface area (Å²) in [6.07, 6.45) is 4.88. The van der Waals surface area contributed by atoms with Crippen molar-refractivity contribution in [3.8, 4) is 11.7 Å². The Hall–Kier alpha value is -2.02. The Kier molecular flexibility index (Phi) is 4.06. The third-order valence-electron chi connectivity index (χ3n) is 2.41. The van der Waals surface area contributed by atoms with Crippen molar-refractivity contribution in [3.05, 3.63) is 30.1 Å². The largest absolute Gasteiger partial charge is 0.493 e. The van der Waals surface area contributed by atoms with Gasteiger partial charge in [-0.1, -0.05) is 0 Å². The van der Waals surface area contributed by atoms with E-state index in [1.807, 2.05) is 12.3 Å². The Balaban J connectivity index is 2.32. The van der Waals surface area contributed by atoms with Gasteiger partial charge < -0.3 is 9.84 Å². The number of hydrogen-bond acceptors (Lipinski definition) is 6. The zero-order valence-corrected chi connectivity index (χ0v) is 11.3. The molecule has 2 heterocycles. The molecule has 0 aliphatic rings. The van der Waals surface area contributed by atoms with Gasteiger partial charge >= 0.3 is 5.97 Å². The first kappa shape index (κ1) is 13.4. The molecular weight excluding hydrogens is 266 g/mol. The minimum absolute atomic E-state index is 0.0255. The molecule has 0 aliphatic carbocycles. The number of pyridine rings is 1. The molecule has 0 radical (unpaired) electrons. The standard InChI is InChI=1S/C12H13N3O3S/c1-3-18-12(17)9-7-14-15(11(9)16)10-5-4-8(19-2)6-13-10/h4-7,16H,3H2,1-2H3. The van der Waals surface area contributed by atoms with Crippen LogP contribution in [-0.4, -0.2) is 38.7 Å². The number of ether oxygens (including phenoxy) is 1. The molecule has 6 nitrogen and oxygen atoms in total. The zero-order valence-electron chi connectivity index (χ0n) is 10.5. The van der Waals surface area contributed by atoms with Crippen molar-refractivity contribution in [1.82, 2.24) is 14.8 Å². The fraction of sp³-hybridized carbons (Fsp3) is 0.250. The van der Waals surface area contributed by atoms with E-state index >= 15 is 0 Å². The topological polar surface area (TPSA) is 77.2 Å². The normalized spacial score (nSPS) is 10.4. The molecule has 0 atom stereocenters. The minimum atomic E-state index is -0.605. The second-order valence-electron chi connectivity index (χ2n) is 3.57. The molecule has 0 fully saturated rings. The molecule has 0 spiro atoms. The van der Waals surface area contributed by atoms with Crippen LogP contribution in [0.2, 0.25) is 0 Å². The van der Waals surface area contributed by atoms with E-state index in [2.05, 4.69) is 10.1 Å². The maximum absolute atomic E-state index is 11.6. The Morgan fingerprint density at radius 2 is 2.26 bits per heavy atom. The summed E-state index contributed by atoms with van der Waals surface area (Å²) in [4.78, 5) is 16.7. The number of rotatable bonds is 4. The van der Waals surface area contributed by atoms with Crippen molar-refractivity contribution in [2.45, 2.75) is 11.8 Å². The van der Waals surface area contributed by atoms with Gasteiger partial charge in [-0.15, -0.1) is 11.8 Å². The molecule has 0 unspecified atom stereocenters. The van der Waals surface area contributed by atoms with Crippen LogP contribution in [-0.2, 0) is 4.74 Å². The van der Waals surface area contributed by atoms with Crippen molar-refractivity contribution in [3.63, 3.8) is 0 Å². The number of thioether (sulfide) groups is 1. The van der Waals surface area contributed by atoms with Gasteiger partial charge in [0, 0.05) is 11.1 Å². The number of hydrogen-bond donors (Lipinski definition) is 1. The maximum Gasteiger partial charge on any atom is 0.345 e. The van der Waals surface area contributed by atoms with E-state index in [1.165, 1.54) is 10.9 Å². The van der Waals surface area contributed by atoms with Crippen LogP contribution in [0.25, 0.3) is 5.82 Å². The zero-order chi connectivity index (χ0) is 13.8. The van der Waals surface area contributed by atoms with E-state index in [4.69, 9.17) is 4.74 Å². The van der Waals surface area contributed by atoms with Crippen LogP contribution in [0, 0.1) is 0 Å². The molecule has 0 bridgehead atoms. The molecule has 19 heavy (non-hydrogen) atoms. The van der Waals surface area contributed by atoms with Crippen LogP contribution < -0.4 is 0 Å². The Bertz CT molecular complexity index is 580. The lowest BCUT2D eigenvalue weighted by atomic mass is 10.3. The monoisotopic (exact) mass is 279 g/mol. The number of carbonyl (C=O) groups is 1. The van der Waals surface area contributed by atoms with Crippen molar-refractivity contribution in [2.75, 3.05) is 12.9 Å². The van der Waals surface area contributed by atoms with Crippen LogP contribution >= 0.6 is 11.8 Å². The van der Waals surface area contributed by atoms with Crippen LogP contribution in [0.3, 0.4) is 0 Å². The molecule has 0 aromatic carbocycles. The highest BCUT2D eigenvalue weighted by atomic mass is 32.2. The Labute approximate surface area is 114 Å². The van der Waals surface area contributed by atoms with E-state index in [1.54, 1.807) is 30.9 Å². The van der Waals surface area contributed by atoms with Gasteiger partial charge in [-0.25, -0.2) is 9.78 Å². The molecule has 2 aromatic rings. The smallest absolute Gasteiger partial charge is 0.345 e. The minimum Gasteiger partial charge on any atom is -0.493 e. The number of esters is 1. The summed E-state index contributed by atoms with van der Waals surface area (Å²) in [6.45, 7) is 1.94. The fourth-order valence-corrected chi connectivity index (χ4v) is 1.84. The summed E-state index contributed by atoms with van der Waals surface area (Å²) in [5, 5.41) is 13.9. The van der Waals surface area contributed by atoms with Gasteiger partial charge in [0.1, 0.15) is 5.56 Å². The molecular formula is C12H13N3O3S. The predicted molar refractivity (Wildman–Crippen MR) is 70.8 cm³/mol. The van der Waals surface area contributed by atoms with Crippen molar-refractivity contribution in [1.29, 1.82) is 0 Å². The molecule has 0 saturated carbocycles. The summed E-state index contributed by atoms with van der Waals surface area (Å²) in [7, 11) is 0. The molecule has 1 N–H and O–H groups in total. The SMILES string of the molecule is CCOC(=O)c1cnn(-c2ccc(SC)cn2)c1O. The second kappa shape index (κ2) is 5.75. The van der Waals surface area contributed by atoms with Gasteiger partial charge in [0.05, 0.1) is 12.8 Å². The van der Waals surface area contributed by atoms with Gasteiger partial charge in [0.2, 0.25) is 5.88 Å². The Morgan fingerprint density at radius 3 is 2.84 bits per heavy atom. The van der Waals surface area contributed by atoms with Crippen LogP contribution in [0.4, 0.5) is 0 Å². The van der Waals surface area contributed by atoms with E-state index in [0.29, 0.717) is 5.82 Å². The number of aromatic nitrogens is 3. The first-order chi connectivity index (χ1) is 9.17. The molecule has 0 aliphatic heterocycles. The lowest BCUT2D eigenvalue weighted by molar-refractivity contribution is 0.0523. The quantitative estimate of drug-likeness (QED) is 0.680. The average Bonchev–Trinajstić information content (AvgIpc) is 2.81. The van der Waals surface area contributed by atoms with E-state index in [-0.39, 0.29) is 18.1 Å². The lowest BCUT2D eigenvalue weighted by Crippen LogP contribution is -2.04. The predicted octanol–water partition coefficient (Wildman–Crippen LogP) is 1.87. The highest BCUT2D eigenvalue weighted by molar-refractivity contribution is 7.98. The second-order valence-corrected chi connectivity index (χ2v) is 4.45. The van der Waals surface area contributed by atoms with Crippen LogP contribution in [0.5, 0.6) is 5.88 Å². The molecule has 2 rings (SSSR count). The highest BCUT2D eigenvalue weighted by Crippen LogP contribution is 2.22. The summed E-state index contributed by atoms with van der Waals surface area (Å²) < 4.78 is 6.01. The molecule has 7 heteroatoms. The number of aromatic hydroxyl groups is 1. The highest BCUT2D eigenvalue weighted by Gasteiger charge is 2.19. The van der Waals surface area contributed by atoms with E-state index in [9.17, 15) is 9.90 Å². The molecule has 0 amide bonds. The number of nitrogens with zero attached hydrogens (tertiary/aromatic N) is 3. The van der Waals surface area contributed by atoms with Crippen molar-refractivity contribution >= 4 is 17.7 Å². The van der Waals surface area contributed by atoms with Gasteiger partial charge in [0.15, 0.2) is 5.82 Å². The number of carbonyl (C=O) groups excluding carboxylic acids is 1. The fourth-order valence-electron chi connectivity index (χ4n) is 1.48. The van der Waals surface area contributed by atoms with Crippen molar-refractivity contribution in [2.24, 2.45) is 0 Å². The first-order valence-corrected chi connectivity index (χ1v) is 6.84. The summed E-state index contributed by atoms with van der Waals surface area (Å²) in [5.41, 5.74) is 0.0255. The first-order valence-electron chi connectivity index (χ1n) is 5.62. The van der Waals surface area contributed by atoms with Gasteiger partial charge in [-0.05, 0) is 25.3 Å². The maximum atomic E-state index is 11.6. The molecule has 100 valence electrons. The van der Waals surface area contributed by atoms with Crippen LogP contribution in [0.15, 0.2) is 29.4 Å².